The Balaban J connectivity index is 0.000000311. The summed E-state index contributed by atoms with van der Waals surface area (Å²) in [6.45, 7) is 12.7. The van der Waals surface area contributed by atoms with Crippen LogP contribution in [-0.2, 0) is 33.1 Å². The van der Waals surface area contributed by atoms with Crippen LogP contribution in [0.5, 0.6) is 5.88 Å². The maximum absolute atomic E-state index is 12.8. The van der Waals surface area contributed by atoms with Crippen LogP contribution in [-0.4, -0.2) is 107 Å². The minimum atomic E-state index is -0.528. The Morgan fingerprint density at radius 2 is 1.67 bits per heavy atom. The van der Waals surface area contributed by atoms with Gasteiger partial charge in [0.2, 0.25) is 17.5 Å². The van der Waals surface area contributed by atoms with Gasteiger partial charge in [0.15, 0.2) is 17.0 Å². The van der Waals surface area contributed by atoms with Crippen LogP contribution in [0.1, 0.15) is 103 Å². The molecule has 5 heterocycles. The second-order valence-corrected chi connectivity index (χ2v) is 12.4. The predicted octanol–water partition coefficient (Wildman–Crippen LogP) is 4.31. The van der Waals surface area contributed by atoms with Gasteiger partial charge >= 0.3 is 5.69 Å². The number of hydrogen-bond acceptors (Lipinski definition) is 11. The summed E-state index contributed by atoms with van der Waals surface area (Å²) in [5.41, 5.74) is 0.746. The zero-order valence-corrected chi connectivity index (χ0v) is 30.7. The molecule has 3 atom stereocenters. The Labute approximate surface area is 286 Å². The molecule has 1 spiro atoms. The van der Waals surface area contributed by atoms with Crippen LogP contribution >= 0.6 is 0 Å². The largest absolute Gasteiger partial charge is 0.474 e. The lowest BCUT2D eigenvalue weighted by atomic mass is 9.84. The van der Waals surface area contributed by atoms with Crippen molar-refractivity contribution in [1.82, 2.24) is 24.0 Å². The van der Waals surface area contributed by atoms with Crippen molar-refractivity contribution in [3.63, 3.8) is 0 Å². The summed E-state index contributed by atoms with van der Waals surface area (Å²) in [4.78, 5) is 47.0. The number of carbonyl (C=O) groups is 2. The van der Waals surface area contributed by atoms with Crippen LogP contribution in [0.15, 0.2) is 4.79 Å². The van der Waals surface area contributed by atoms with E-state index in [-0.39, 0.29) is 29.1 Å². The number of likely N-dealkylation sites (tertiary alicyclic amines) is 1. The van der Waals surface area contributed by atoms with Gasteiger partial charge in [0, 0.05) is 52.8 Å². The van der Waals surface area contributed by atoms with Gasteiger partial charge in [-0.15, -0.1) is 0 Å². The quantitative estimate of drug-likeness (QED) is 0.315. The Hall–Kier alpha value is -2.71. The van der Waals surface area contributed by atoms with E-state index in [0.29, 0.717) is 42.9 Å². The number of fused-ring (bicyclic) bond motifs is 1. The fourth-order valence-electron chi connectivity index (χ4n) is 6.37. The molecule has 48 heavy (non-hydrogen) atoms. The van der Waals surface area contributed by atoms with Gasteiger partial charge in [-0.1, -0.05) is 40.5 Å². The standard InChI is InChI=1S/C19H29N5O3.C9H14O3.C4H8O.C2H6.CH4O/c1-6-8-12(2)15(25)16-20-17-14(23(4)19(26)24(17)5)18(21-16)27-11-13-9-7-10-22(13)3;10-7-8-3-1-2-4-9(8)11-5-6-12-9;1-2-4-5-3-1;2*1-2/h12-13H,6-11H2,1-5H3;7-8H,1-6H2;1-4H2;1-2H3;2H,1H3/t;8-;;;/m.1.../s1. The number of rotatable bonds is 8. The average molecular weight is 680 g/mol. The van der Waals surface area contributed by atoms with Gasteiger partial charge in [0.25, 0.3) is 0 Å². The van der Waals surface area contributed by atoms with E-state index in [1.165, 1.54) is 22.0 Å². The van der Waals surface area contributed by atoms with Crippen molar-refractivity contribution in [3.05, 3.63) is 16.3 Å². The van der Waals surface area contributed by atoms with Crippen molar-refractivity contribution in [1.29, 1.82) is 0 Å². The molecule has 0 amide bonds. The highest BCUT2D eigenvalue weighted by Crippen LogP contribution is 2.39. The highest BCUT2D eigenvalue weighted by atomic mass is 16.7. The topological polar surface area (TPSA) is 147 Å². The number of imidazole rings is 1. The molecular weight excluding hydrogens is 618 g/mol. The van der Waals surface area contributed by atoms with E-state index in [1.807, 2.05) is 27.7 Å². The number of nitrogens with zero attached hydrogens (tertiary/aromatic N) is 5. The first kappa shape index (κ1) is 41.5. The van der Waals surface area contributed by atoms with Gasteiger partial charge in [-0.2, -0.15) is 4.98 Å². The highest BCUT2D eigenvalue weighted by Gasteiger charge is 2.45. The Kier molecular flexibility index (Phi) is 18.5. The first-order chi connectivity index (χ1) is 23.2. The van der Waals surface area contributed by atoms with E-state index < -0.39 is 5.79 Å². The molecule has 3 saturated heterocycles. The number of Topliss-reactive ketones (excluding diaryl/α,β-unsaturated/α-hetero) is 1. The third kappa shape index (κ3) is 10.6. The Morgan fingerprint density at radius 1 is 1.00 bits per heavy atom. The number of aliphatic hydroxyl groups is 1. The van der Waals surface area contributed by atoms with Crippen molar-refractivity contribution in [3.8, 4) is 5.88 Å². The summed E-state index contributed by atoms with van der Waals surface area (Å²) in [5.74, 6) is -0.402. The molecule has 3 aliphatic heterocycles. The second kappa shape index (κ2) is 21.4. The van der Waals surface area contributed by atoms with Gasteiger partial charge in [-0.25, -0.2) is 9.78 Å². The predicted molar refractivity (Wildman–Crippen MR) is 186 cm³/mol. The average Bonchev–Trinajstić information content (AvgIpc) is 3.96. The van der Waals surface area contributed by atoms with Gasteiger partial charge in [-0.3, -0.25) is 13.9 Å². The minimum Gasteiger partial charge on any atom is -0.474 e. The normalized spacial score (nSPS) is 21.9. The summed E-state index contributed by atoms with van der Waals surface area (Å²) in [6, 6.07) is 0.314. The Bertz CT molecular complexity index is 1290. The first-order valence-electron chi connectivity index (χ1n) is 17.8. The second-order valence-electron chi connectivity index (χ2n) is 12.4. The number of aliphatic hydroxyl groups excluding tert-OH is 1. The molecule has 1 N–H and O–H groups in total. The van der Waals surface area contributed by atoms with E-state index in [1.54, 1.807) is 14.1 Å². The fraction of sp³-hybridized carbons (Fsp3) is 0.800. The number of ketones is 1. The zero-order valence-electron chi connectivity index (χ0n) is 30.7. The van der Waals surface area contributed by atoms with Gasteiger partial charge in [0.1, 0.15) is 12.9 Å². The van der Waals surface area contributed by atoms with Crippen molar-refractivity contribution >= 4 is 23.2 Å². The molecule has 0 radical (unpaired) electrons. The van der Waals surface area contributed by atoms with Crippen molar-refractivity contribution in [2.24, 2.45) is 25.9 Å². The highest BCUT2D eigenvalue weighted by molar-refractivity contribution is 5.96. The van der Waals surface area contributed by atoms with Crippen molar-refractivity contribution < 1.29 is 33.6 Å². The smallest absolute Gasteiger partial charge is 0.329 e. The molecule has 13 heteroatoms. The van der Waals surface area contributed by atoms with Crippen LogP contribution in [0.2, 0.25) is 0 Å². The van der Waals surface area contributed by atoms with Crippen molar-refractivity contribution in [2.75, 3.05) is 53.7 Å². The van der Waals surface area contributed by atoms with Crippen LogP contribution in [0.3, 0.4) is 0 Å². The molecule has 0 bridgehead atoms. The van der Waals surface area contributed by atoms with Crippen LogP contribution in [0.25, 0.3) is 11.2 Å². The molecule has 2 unspecified atom stereocenters. The lowest BCUT2D eigenvalue weighted by Gasteiger charge is -2.36. The van der Waals surface area contributed by atoms with Gasteiger partial charge < -0.3 is 33.7 Å². The van der Waals surface area contributed by atoms with Crippen molar-refractivity contribution in [2.45, 2.75) is 104 Å². The lowest BCUT2D eigenvalue weighted by Crippen LogP contribution is -2.42. The first-order valence-corrected chi connectivity index (χ1v) is 17.8. The maximum atomic E-state index is 12.8. The molecule has 6 rings (SSSR count). The third-order valence-corrected chi connectivity index (χ3v) is 9.16. The summed E-state index contributed by atoms with van der Waals surface area (Å²) in [6.07, 6.45) is 11.5. The van der Waals surface area contributed by atoms with Crippen LogP contribution in [0, 0.1) is 11.8 Å². The van der Waals surface area contributed by atoms with Crippen LogP contribution < -0.4 is 10.4 Å². The SMILES string of the molecule is C1CCOC1.CC.CCCC(C)C(=O)c1nc(OCC2CCCN2C)c2c(n1)n(C)c(=O)n2C.CO.O=C[C@H]1CCCCC12OCCO2. The minimum absolute atomic E-state index is 0.0336. The van der Waals surface area contributed by atoms with Crippen LogP contribution in [0.4, 0.5) is 0 Å². The molecular formula is C35H61N5O8. The monoisotopic (exact) mass is 679 g/mol. The molecule has 2 aromatic heterocycles. The number of carbonyl (C=O) groups excluding carboxylic acids is 2. The number of hydrogen-bond donors (Lipinski definition) is 1. The number of ether oxygens (including phenoxy) is 4. The Morgan fingerprint density at radius 3 is 2.21 bits per heavy atom. The van der Waals surface area contributed by atoms with E-state index in [4.69, 9.17) is 24.1 Å². The molecule has 2 aromatic rings. The molecule has 274 valence electrons. The summed E-state index contributed by atoms with van der Waals surface area (Å²) < 4.78 is 25.0. The molecule has 13 nitrogen and oxygen atoms in total. The maximum Gasteiger partial charge on any atom is 0.329 e. The lowest BCUT2D eigenvalue weighted by molar-refractivity contribution is -0.206. The zero-order chi connectivity index (χ0) is 35.7. The summed E-state index contributed by atoms with van der Waals surface area (Å²) in [7, 11) is 6.40. The van der Waals surface area contributed by atoms with E-state index >= 15 is 0 Å². The van der Waals surface area contributed by atoms with E-state index in [0.717, 1.165) is 84.5 Å². The third-order valence-electron chi connectivity index (χ3n) is 9.16. The summed E-state index contributed by atoms with van der Waals surface area (Å²) >= 11 is 0. The van der Waals surface area contributed by atoms with E-state index in [9.17, 15) is 14.4 Å². The summed E-state index contributed by atoms with van der Waals surface area (Å²) in [5, 5.41) is 7.00. The van der Waals surface area contributed by atoms with Gasteiger partial charge in [0.05, 0.1) is 19.1 Å². The molecule has 4 fully saturated rings. The van der Waals surface area contributed by atoms with Gasteiger partial charge in [-0.05, 0) is 58.5 Å². The number of aromatic nitrogens is 4. The molecule has 1 aliphatic carbocycles. The number of aldehydes is 1. The number of likely N-dealkylation sites (N-methyl/N-ethyl adjacent to an activating group) is 1. The van der Waals surface area contributed by atoms with E-state index in [2.05, 4.69) is 21.9 Å². The molecule has 4 aliphatic rings. The molecule has 0 aromatic carbocycles. The fourth-order valence-corrected chi connectivity index (χ4v) is 6.37. The molecule has 1 saturated carbocycles. The number of aryl methyl sites for hydroxylation is 2.